The number of hydrogen-bond donors (Lipinski definition) is 2. The van der Waals surface area contributed by atoms with Gasteiger partial charge in [-0.1, -0.05) is 13.2 Å². The first-order valence-corrected chi connectivity index (χ1v) is 4.11. The number of carbonyl (C=O) groups is 2. The number of carboxylic acid groups (broad SMARTS) is 1. The number of aliphatic hydroxyl groups is 1. The molecule has 0 aliphatic rings. The topological polar surface area (TPSA) is 83.8 Å². The predicted molar refractivity (Wildman–Crippen MR) is 55.0 cm³/mol. The smallest absolute Gasteiger partial charge is 0.335 e. The molecule has 0 aromatic carbocycles. The summed E-state index contributed by atoms with van der Waals surface area (Å²) in [6, 6.07) is 0. The van der Waals surface area contributed by atoms with Gasteiger partial charge in [0, 0.05) is 11.1 Å². The Balaban J connectivity index is 0. The van der Waals surface area contributed by atoms with Crippen molar-refractivity contribution in [1.29, 1.82) is 0 Å². The SMILES string of the molecule is C=C(C)C(=O)O.C=C(C)C(=O)OC(C)O. The fourth-order valence-corrected chi connectivity index (χ4v) is 0.255. The molecular formula is C10H16O5. The molecule has 0 radical (unpaired) electrons. The minimum absolute atomic E-state index is 0.176. The Bertz CT molecular complexity index is 253. The number of aliphatic hydroxyl groups excluding tert-OH is 1. The second-order valence-electron chi connectivity index (χ2n) is 2.87. The molecule has 0 aromatic heterocycles. The number of aliphatic carboxylic acids is 1. The summed E-state index contributed by atoms with van der Waals surface area (Å²) in [5.41, 5.74) is 0.464. The van der Waals surface area contributed by atoms with Crippen LogP contribution in [0.5, 0.6) is 0 Å². The molecule has 0 bridgehead atoms. The third-order valence-electron chi connectivity index (χ3n) is 0.991. The molecule has 0 amide bonds. The van der Waals surface area contributed by atoms with Crippen molar-refractivity contribution in [3.63, 3.8) is 0 Å². The molecule has 0 rings (SSSR count). The maximum Gasteiger partial charge on any atom is 0.335 e. The molecule has 5 heteroatoms. The molecular weight excluding hydrogens is 200 g/mol. The number of carboxylic acids is 1. The first-order chi connectivity index (χ1) is 6.68. The minimum atomic E-state index is -1.05. The molecule has 0 spiro atoms. The van der Waals surface area contributed by atoms with E-state index in [1.165, 1.54) is 20.8 Å². The number of ether oxygens (including phenoxy) is 1. The highest BCUT2D eigenvalue weighted by molar-refractivity contribution is 5.87. The van der Waals surface area contributed by atoms with Crippen molar-refractivity contribution >= 4 is 11.9 Å². The Morgan fingerprint density at radius 3 is 1.60 bits per heavy atom. The van der Waals surface area contributed by atoms with E-state index in [-0.39, 0.29) is 11.1 Å². The predicted octanol–water partition coefficient (Wildman–Crippen LogP) is 1.09. The average Bonchev–Trinajstić information content (AvgIpc) is 2.03. The molecule has 15 heavy (non-hydrogen) atoms. The summed E-state index contributed by atoms with van der Waals surface area (Å²) in [6.07, 6.45) is -1.05. The zero-order chi connectivity index (χ0) is 12.6. The van der Waals surface area contributed by atoms with Gasteiger partial charge < -0.3 is 14.9 Å². The third-order valence-corrected chi connectivity index (χ3v) is 0.991. The minimum Gasteiger partial charge on any atom is -0.478 e. The normalized spacial score (nSPS) is 10.4. The highest BCUT2D eigenvalue weighted by atomic mass is 16.6. The fraction of sp³-hybridized carbons (Fsp3) is 0.400. The van der Waals surface area contributed by atoms with Crippen LogP contribution in [0.15, 0.2) is 24.3 Å². The zero-order valence-electron chi connectivity index (χ0n) is 9.11. The van der Waals surface area contributed by atoms with E-state index in [4.69, 9.17) is 10.2 Å². The van der Waals surface area contributed by atoms with Crippen molar-refractivity contribution in [3.8, 4) is 0 Å². The lowest BCUT2D eigenvalue weighted by Gasteiger charge is -2.04. The van der Waals surface area contributed by atoms with E-state index in [1.807, 2.05) is 0 Å². The van der Waals surface area contributed by atoms with Crippen LogP contribution in [-0.2, 0) is 14.3 Å². The maximum atomic E-state index is 10.5. The summed E-state index contributed by atoms with van der Waals surface area (Å²) in [7, 11) is 0. The highest BCUT2D eigenvalue weighted by Crippen LogP contribution is 1.94. The molecule has 5 nitrogen and oxygen atoms in total. The van der Waals surface area contributed by atoms with Gasteiger partial charge in [-0.25, -0.2) is 9.59 Å². The van der Waals surface area contributed by atoms with Gasteiger partial charge in [-0.2, -0.15) is 0 Å². The van der Waals surface area contributed by atoms with Crippen LogP contribution in [0, 0.1) is 0 Å². The quantitative estimate of drug-likeness (QED) is 0.419. The highest BCUT2D eigenvalue weighted by Gasteiger charge is 2.04. The third kappa shape index (κ3) is 12.4. The van der Waals surface area contributed by atoms with Gasteiger partial charge in [0.2, 0.25) is 0 Å². The number of carbonyl (C=O) groups excluding carboxylic acids is 1. The van der Waals surface area contributed by atoms with E-state index in [9.17, 15) is 9.59 Å². The number of esters is 1. The van der Waals surface area contributed by atoms with Crippen LogP contribution in [0.25, 0.3) is 0 Å². The van der Waals surface area contributed by atoms with Crippen molar-refractivity contribution < 1.29 is 24.5 Å². The molecule has 86 valence electrons. The lowest BCUT2D eigenvalue weighted by Crippen LogP contribution is -2.13. The van der Waals surface area contributed by atoms with Crippen molar-refractivity contribution in [2.24, 2.45) is 0 Å². The van der Waals surface area contributed by atoms with E-state index in [0.717, 1.165) is 0 Å². The van der Waals surface area contributed by atoms with E-state index in [0.29, 0.717) is 0 Å². The first-order valence-electron chi connectivity index (χ1n) is 4.11. The van der Waals surface area contributed by atoms with Gasteiger partial charge >= 0.3 is 11.9 Å². The molecule has 0 fully saturated rings. The molecule has 1 unspecified atom stereocenters. The van der Waals surface area contributed by atoms with Gasteiger partial charge in [0.15, 0.2) is 6.29 Å². The zero-order valence-corrected chi connectivity index (χ0v) is 9.11. The molecule has 0 saturated carbocycles. The van der Waals surface area contributed by atoms with Crippen LogP contribution in [0.2, 0.25) is 0 Å². The van der Waals surface area contributed by atoms with Crippen molar-refractivity contribution in [2.75, 3.05) is 0 Å². The van der Waals surface area contributed by atoms with Crippen LogP contribution in [0.1, 0.15) is 20.8 Å². The van der Waals surface area contributed by atoms with Gasteiger partial charge in [-0.3, -0.25) is 0 Å². The molecule has 0 heterocycles. The molecule has 2 N–H and O–H groups in total. The van der Waals surface area contributed by atoms with Crippen LogP contribution < -0.4 is 0 Å². The summed E-state index contributed by atoms with van der Waals surface area (Å²) in [4.78, 5) is 20.1. The molecule has 0 aliphatic carbocycles. The second-order valence-corrected chi connectivity index (χ2v) is 2.87. The lowest BCUT2D eigenvalue weighted by atomic mass is 10.4. The lowest BCUT2D eigenvalue weighted by molar-refractivity contribution is -0.159. The fourth-order valence-electron chi connectivity index (χ4n) is 0.255. The van der Waals surface area contributed by atoms with Crippen LogP contribution in [0.3, 0.4) is 0 Å². The maximum absolute atomic E-state index is 10.5. The number of rotatable bonds is 3. The van der Waals surface area contributed by atoms with Gasteiger partial charge in [0.1, 0.15) is 0 Å². The standard InChI is InChI=1S/C6H10O3.C4H6O2/c1-4(2)6(8)9-5(3)7;1-3(2)4(5)6/h5,7H,1H2,2-3H3;1H2,2H3,(H,5,6). The van der Waals surface area contributed by atoms with Crippen molar-refractivity contribution in [1.82, 2.24) is 0 Å². The monoisotopic (exact) mass is 216 g/mol. The molecule has 0 saturated heterocycles. The first kappa shape index (κ1) is 15.8. The van der Waals surface area contributed by atoms with Crippen molar-refractivity contribution in [3.05, 3.63) is 24.3 Å². The molecule has 1 atom stereocenters. The summed E-state index contributed by atoms with van der Waals surface area (Å²) in [5, 5.41) is 16.4. The van der Waals surface area contributed by atoms with Crippen LogP contribution >= 0.6 is 0 Å². The average molecular weight is 216 g/mol. The Kier molecular flexibility index (Phi) is 8.18. The second kappa shape index (κ2) is 7.75. The van der Waals surface area contributed by atoms with Gasteiger partial charge in [0.05, 0.1) is 0 Å². The van der Waals surface area contributed by atoms with Gasteiger partial charge in [-0.15, -0.1) is 0 Å². The van der Waals surface area contributed by atoms with Gasteiger partial charge in [0.25, 0.3) is 0 Å². The van der Waals surface area contributed by atoms with E-state index in [1.54, 1.807) is 0 Å². The van der Waals surface area contributed by atoms with E-state index < -0.39 is 18.2 Å². The number of hydrogen-bond acceptors (Lipinski definition) is 4. The van der Waals surface area contributed by atoms with E-state index >= 15 is 0 Å². The van der Waals surface area contributed by atoms with Crippen molar-refractivity contribution in [2.45, 2.75) is 27.1 Å². The summed E-state index contributed by atoms with van der Waals surface area (Å²) in [5.74, 6) is -1.50. The van der Waals surface area contributed by atoms with E-state index in [2.05, 4.69) is 17.9 Å². The van der Waals surface area contributed by atoms with Gasteiger partial charge in [-0.05, 0) is 20.8 Å². The summed E-state index contributed by atoms with van der Waals surface area (Å²) >= 11 is 0. The summed E-state index contributed by atoms with van der Waals surface area (Å²) in [6.45, 7) is 10.8. The Morgan fingerprint density at radius 1 is 1.20 bits per heavy atom. The molecule has 0 aliphatic heterocycles. The Hall–Kier alpha value is -1.62. The van der Waals surface area contributed by atoms with Crippen LogP contribution in [-0.4, -0.2) is 28.4 Å². The molecule has 0 aromatic rings. The Morgan fingerprint density at radius 2 is 1.53 bits per heavy atom. The van der Waals surface area contributed by atoms with Crippen LogP contribution in [0.4, 0.5) is 0 Å². The summed E-state index contributed by atoms with van der Waals surface area (Å²) < 4.78 is 4.33. The Labute approximate surface area is 88.7 Å². The largest absolute Gasteiger partial charge is 0.478 e.